The number of benzene rings is 1. The van der Waals surface area contributed by atoms with Crippen molar-refractivity contribution in [1.82, 2.24) is 0 Å². The van der Waals surface area contributed by atoms with Crippen molar-refractivity contribution in [3.8, 4) is 0 Å². The van der Waals surface area contributed by atoms with Crippen LogP contribution in [0.1, 0.15) is 51.4 Å². The molecule has 0 unspecified atom stereocenters. The van der Waals surface area contributed by atoms with Gasteiger partial charge in [0, 0.05) is 24.2 Å². The largest absolute Gasteiger partial charge is 0.385 e. The Bertz CT molecular complexity index is 384. The Morgan fingerprint density at radius 1 is 1.05 bits per heavy atom. The summed E-state index contributed by atoms with van der Waals surface area (Å²) in [6.07, 6.45) is 0.565. The molecule has 0 spiro atoms. The number of ketones is 1. The SMILES string of the molecule is CCC(=O)c1ccc(NCC(C(C)C)C(C)C)cc1. The lowest BCUT2D eigenvalue weighted by atomic mass is 9.85. The molecule has 0 amide bonds. The summed E-state index contributed by atoms with van der Waals surface area (Å²) in [6, 6.07) is 7.82. The van der Waals surface area contributed by atoms with Crippen LogP contribution in [0.2, 0.25) is 0 Å². The molecule has 106 valence electrons. The fourth-order valence-corrected chi connectivity index (χ4v) is 2.46. The van der Waals surface area contributed by atoms with E-state index in [4.69, 9.17) is 0 Å². The highest BCUT2D eigenvalue weighted by Crippen LogP contribution is 2.21. The predicted octanol–water partition coefficient (Wildman–Crippen LogP) is 4.62. The summed E-state index contributed by atoms with van der Waals surface area (Å²) < 4.78 is 0. The zero-order valence-electron chi connectivity index (χ0n) is 12.9. The minimum Gasteiger partial charge on any atom is -0.385 e. The molecular weight excluding hydrogens is 234 g/mol. The van der Waals surface area contributed by atoms with Gasteiger partial charge in [-0.1, -0.05) is 34.6 Å². The summed E-state index contributed by atoms with van der Waals surface area (Å²) in [6.45, 7) is 12.0. The summed E-state index contributed by atoms with van der Waals surface area (Å²) in [7, 11) is 0. The van der Waals surface area contributed by atoms with Crippen LogP contribution in [0.15, 0.2) is 24.3 Å². The van der Waals surface area contributed by atoms with Crippen LogP contribution in [-0.4, -0.2) is 12.3 Å². The summed E-state index contributed by atoms with van der Waals surface area (Å²) >= 11 is 0. The van der Waals surface area contributed by atoms with Crippen molar-refractivity contribution < 1.29 is 4.79 Å². The van der Waals surface area contributed by atoms with E-state index in [2.05, 4.69) is 33.0 Å². The number of carbonyl (C=O) groups excluding carboxylic acids is 1. The van der Waals surface area contributed by atoms with Crippen molar-refractivity contribution in [2.45, 2.75) is 41.0 Å². The van der Waals surface area contributed by atoms with Crippen LogP contribution in [0, 0.1) is 17.8 Å². The zero-order valence-corrected chi connectivity index (χ0v) is 12.9. The molecule has 1 aromatic rings. The Balaban J connectivity index is 2.60. The molecule has 1 aromatic carbocycles. The van der Waals surface area contributed by atoms with Crippen molar-refractivity contribution in [1.29, 1.82) is 0 Å². The molecule has 0 aliphatic heterocycles. The number of Topliss-reactive ketones (excluding diaryl/α,β-unsaturated/α-hetero) is 1. The predicted molar refractivity (Wildman–Crippen MR) is 82.7 cm³/mol. The van der Waals surface area contributed by atoms with E-state index in [0.717, 1.165) is 17.8 Å². The second kappa shape index (κ2) is 7.32. The standard InChI is InChI=1S/C17H27NO/c1-6-17(19)14-7-9-15(10-8-14)18-11-16(12(2)3)13(4)5/h7-10,12-13,16,18H,6,11H2,1-5H3. The topological polar surface area (TPSA) is 29.1 Å². The van der Waals surface area contributed by atoms with E-state index >= 15 is 0 Å². The second-order valence-electron chi connectivity index (χ2n) is 5.89. The number of rotatable bonds is 7. The van der Waals surface area contributed by atoms with Crippen LogP contribution in [0.5, 0.6) is 0 Å². The van der Waals surface area contributed by atoms with Crippen LogP contribution in [0.4, 0.5) is 5.69 Å². The lowest BCUT2D eigenvalue weighted by Gasteiger charge is -2.25. The minimum atomic E-state index is 0.203. The molecule has 0 saturated heterocycles. The fraction of sp³-hybridized carbons (Fsp3) is 0.588. The quantitative estimate of drug-likeness (QED) is 0.726. The van der Waals surface area contributed by atoms with Gasteiger partial charge in [0.05, 0.1) is 0 Å². The Morgan fingerprint density at radius 3 is 2.00 bits per heavy atom. The molecule has 0 aliphatic carbocycles. The highest BCUT2D eigenvalue weighted by Gasteiger charge is 2.16. The normalized spacial score (nSPS) is 11.4. The molecule has 0 atom stereocenters. The third-order valence-electron chi connectivity index (χ3n) is 3.78. The molecule has 1 N–H and O–H groups in total. The summed E-state index contributed by atoms with van der Waals surface area (Å²) in [4.78, 5) is 11.5. The van der Waals surface area contributed by atoms with Crippen LogP contribution in [-0.2, 0) is 0 Å². The van der Waals surface area contributed by atoms with E-state index in [1.54, 1.807) is 0 Å². The monoisotopic (exact) mass is 261 g/mol. The summed E-state index contributed by atoms with van der Waals surface area (Å²) in [5, 5.41) is 3.48. The lowest BCUT2D eigenvalue weighted by Crippen LogP contribution is -2.24. The lowest BCUT2D eigenvalue weighted by molar-refractivity contribution is 0.0988. The Kier molecular flexibility index (Phi) is 6.07. The highest BCUT2D eigenvalue weighted by molar-refractivity contribution is 5.96. The van der Waals surface area contributed by atoms with Crippen molar-refractivity contribution >= 4 is 11.5 Å². The minimum absolute atomic E-state index is 0.203. The Hall–Kier alpha value is -1.31. The van der Waals surface area contributed by atoms with Gasteiger partial charge in [-0.3, -0.25) is 4.79 Å². The van der Waals surface area contributed by atoms with Gasteiger partial charge in [-0.25, -0.2) is 0 Å². The second-order valence-corrected chi connectivity index (χ2v) is 5.89. The average molecular weight is 261 g/mol. The first-order valence-corrected chi connectivity index (χ1v) is 7.32. The first-order valence-electron chi connectivity index (χ1n) is 7.32. The molecule has 2 heteroatoms. The van der Waals surface area contributed by atoms with Gasteiger partial charge in [0.2, 0.25) is 0 Å². The first-order chi connectivity index (χ1) is 8.95. The van der Waals surface area contributed by atoms with E-state index in [1.165, 1.54) is 0 Å². The number of nitrogens with one attached hydrogen (secondary N) is 1. The van der Waals surface area contributed by atoms with Gasteiger partial charge in [-0.2, -0.15) is 0 Å². The maximum absolute atomic E-state index is 11.5. The van der Waals surface area contributed by atoms with Crippen LogP contribution >= 0.6 is 0 Å². The molecule has 0 bridgehead atoms. The van der Waals surface area contributed by atoms with Gasteiger partial charge >= 0.3 is 0 Å². The molecule has 0 radical (unpaired) electrons. The van der Waals surface area contributed by atoms with Crippen molar-refractivity contribution in [3.63, 3.8) is 0 Å². The van der Waals surface area contributed by atoms with E-state index in [1.807, 2.05) is 31.2 Å². The van der Waals surface area contributed by atoms with Gasteiger partial charge in [0.1, 0.15) is 0 Å². The van der Waals surface area contributed by atoms with Crippen molar-refractivity contribution in [2.24, 2.45) is 17.8 Å². The van der Waals surface area contributed by atoms with Crippen LogP contribution in [0.3, 0.4) is 0 Å². The van der Waals surface area contributed by atoms with Gasteiger partial charge in [0.15, 0.2) is 5.78 Å². The van der Waals surface area contributed by atoms with E-state index in [-0.39, 0.29) is 5.78 Å². The number of hydrogen-bond donors (Lipinski definition) is 1. The Labute approximate surface area is 117 Å². The van der Waals surface area contributed by atoms with Crippen LogP contribution in [0.25, 0.3) is 0 Å². The smallest absolute Gasteiger partial charge is 0.162 e. The van der Waals surface area contributed by atoms with Crippen molar-refractivity contribution in [3.05, 3.63) is 29.8 Å². The third kappa shape index (κ3) is 4.70. The fourth-order valence-electron chi connectivity index (χ4n) is 2.46. The maximum Gasteiger partial charge on any atom is 0.162 e. The molecule has 0 fully saturated rings. The number of hydrogen-bond acceptors (Lipinski definition) is 2. The molecular formula is C17H27NO. The molecule has 1 rings (SSSR count). The van der Waals surface area contributed by atoms with Crippen LogP contribution < -0.4 is 5.32 Å². The summed E-state index contributed by atoms with van der Waals surface area (Å²) in [5.74, 6) is 2.22. The van der Waals surface area contributed by atoms with Gasteiger partial charge in [-0.15, -0.1) is 0 Å². The highest BCUT2D eigenvalue weighted by atomic mass is 16.1. The molecule has 0 heterocycles. The summed E-state index contributed by atoms with van der Waals surface area (Å²) in [5.41, 5.74) is 1.90. The first kappa shape index (κ1) is 15.7. The van der Waals surface area contributed by atoms with Gasteiger partial charge < -0.3 is 5.32 Å². The van der Waals surface area contributed by atoms with E-state index < -0.39 is 0 Å². The molecule has 0 aromatic heterocycles. The number of anilines is 1. The maximum atomic E-state index is 11.5. The van der Waals surface area contributed by atoms with E-state index in [9.17, 15) is 4.79 Å². The molecule has 0 saturated carbocycles. The van der Waals surface area contributed by atoms with Gasteiger partial charge in [0.25, 0.3) is 0 Å². The van der Waals surface area contributed by atoms with Crippen molar-refractivity contribution in [2.75, 3.05) is 11.9 Å². The van der Waals surface area contributed by atoms with Gasteiger partial charge in [-0.05, 0) is 42.0 Å². The molecule has 2 nitrogen and oxygen atoms in total. The molecule has 0 aliphatic rings. The van der Waals surface area contributed by atoms with E-state index in [0.29, 0.717) is 24.2 Å². The average Bonchev–Trinajstić information content (AvgIpc) is 2.38. The number of carbonyl (C=O) groups is 1. The molecule has 19 heavy (non-hydrogen) atoms. The Morgan fingerprint density at radius 2 is 1.58 bits per heavy atom. The zero-order chi connectivity index (χ0) is 14.4. The third-order valence-corrected chi connectivity index (χ3v) is 3.78.